The van der Waals surface area contributed by atoms with Crippen molar-refractivity contribution < 1.29 is 9.90 Å². The van der Waals surface area contributed by atoms with Gasteiger partial charge in [-0.25, -0.2) is 4.98 Å². The third-order valence-corrected chi connectivity index (χ3v) is 4.52. The van der Waals surface area contributed by atoms with Crippen LogP contribution in [0, 0.1) is 0 Å². The topological polar surface area (TPSA) is 102 Å². The Morgan fingerprint density at radius 1 is 1.42 bits per heavy atom. The van der Waals surface area contributed by atoms with Gasteiger partial charge in [-0.05, 0) is 19.3 Å². The van der Waals surface area contributed by atoms with Crippen LogP contribution < -0.4 is 0 Å². The van der Waals surface area contributed by atoms with E-state index in [0.29, 0.717) is 25.3 Å². The smallest absolute Gasteiger partial charge is 0.222 e. The van der Waals surface area contributed by atoms with E-state index in [1.54, 1.807) is 11.0 Å². The molecule has 0 aliphatic carbocycles. The molecular weight excluding hydrogens is 310 g/mol. The number of nitrogens with zero attached hydrogens (tertiary/aromatic N) is 7. The van der Waals surface area contributed by atoms with E-state index >= 15 is 0 Å². The van der Waals surface area contributed by atoms with E-state index < -0.39 is 0 Å². The van der Waals surface area contributed by atoms with Gasteiger partial charge in [0.1, 0.15) is 25.1 Å². The highest BCUT2D eigenvalue weighted by Crippen LogP contribution is 2.26. The van der Waals surface area contributed by atoms with Crippen molar-refractivity contribution in [3.63, 3.8) is 0 Å². The van der Waals surface area contributed by atoms with Crippen molar-refractivity contribution in [1.29, 1.82) is 0 Å². The molecule has 3 rings (SSSR count). The molecule has 0 radical (unpaired) electrons. The second-order valence-electron chi connectivity index (χ2n) is 6.13. The standard InChI is InChI=1S/C15H23N7O2/c1-20-13(9-23)18-19-15(20)12-4-2-6-21(8-12)14(24)5-3-7-22-11-16-10-17-22/h10-12,23H,2-9H2,1H3/t12-/m0/s1. The van der Waals surface area contributed by atoms with Gasteiger partial charge in [0.2, 0.25) is 5.91 Å². The fraction of sp³-hybridized carbons (Fsp3) is 0.667. The Labute approximate surface area is 140 Å². The average Bonchev–Trinajstić information content (AvgIpc) is 3.24. The number of carbonyl (C=O) groups excluding carboxylic acids is 1. The van der Waals surface area contributed by atoms with Crippen LogP contribution in [0.15, 0.2) is 12.7 Å². The van der Waals surface area contributed by atoms with E-state index in [4.69, 9.17) is 0 Å². The molecule has 1 atom stereocenters. The lowest BCUT2D eigenvalue weighted by Crippen LogP contribution is -2.39. The van der Waals surface area contributed by atoms with Gasteiger partial charge in [-0.2, -0.15) is 5.10 Å². The Hall–Kier alpha value is -2.29. The summed E-state index contributed by atoms with van der Waals surface area (Å²) in [6.45, 7) is 2.04. The SMILES string of the molecule is Cn1c(CO)nnc1[C@H]1CCCN(C(=O)CCCn2cncn2)C1. The first-order chi connectivity index (χ1) is 11.7. The molecule has 1 N–H and O–H groups in total. The predicted octanol–water partition coefficient (Wildman–Crippen LogP) is 0.0853. The zero-order valence-electron chi connectivity index (χ0n) is 13.9. The average molecular weight is 333 g/mol. The summed E-state index contributed by atoms with van der Waals surface area (Å²) in [5.74, 6) is 1.75. The molecule has 0 unspecified atom stereocenters. The second kappa shape index (κ2) is 7.52. The van der Waals surface area contributed by atoms with Crippen LogP contribution in [0.5, 0.6) is 0 Å². The molecule has 0 saturated carbocycles. The van der Waals surface area contributed by atoms with Gasteiger partial charge >= 0.3 is 0 Å². The van der Waals surface area contributed by atoms with Crippen LogP contribution in [0.1, 0.15) is 43.3 Å². The van der Waals surface area contributed by atoms with Crippen molar-refractivity contribution in [2.45, 2.75) is 44.8 Å². The summed E-state index contributed by atoms with van der Waals surface area (Å²) in [5, 5.41) is 21.5. The number of hydrogen-bond donors (Lipinski definition) is 1. The van der Waals surface area contributed by atoms with Crippen LogP contribution in [-0.4, -0.2) is 58.5 Å². The Balaban J connectivity index is 1.54. The number of carbonyl (C=O) groups is 1. The van der Waals surface area contributed by atoms with Crippen LogP contribution in [0.2, 0.25) is 0 Å². The van der Waals surface area contributed by atoms with Gasteiger partial charge in [0.05, 0.1) is 0 Å². The Kier molecular flexibility index (Phi) is 5.19. The van der Waals surface area contributed by atoms with Crippen molar-refractivity contribution in [2.75, 3.05) is 13.1 Å². The number of rotatable bonds is 6. The molecule has 130 valence electrons. The third-order valence-electron chi connectivity index (χ3n) is 4.52. The Morgan fingerprint density at radius 2 is 2.29 bits per heavy atom. The third kappa shape index (κ3) is 3.61. The minimum Gasteiger partial charge on any atom is -0.388 e. The maximum Gasteiger partial charge on any atom is 0.222 e. The van der Waals surface area contributed by atoms with Crippen molar-refractivity contribution >= 4 is 5.91 Å². The lowest BCUT2D eigenvalue weighted by Gasteiger charge is -2.32. The molecule has 0 aromatic carbocycles. The highest BCUT2D eigenvalue weighted by Gasteiger charge is 2.28. The molecule has 1 amide bonds. The maximum absolute atomic E-state index is 12.4. The lowest BCUT2D eigenvalue weighted by atomic mass is 9.96. The molecule has 2 aromatic heterocycles. The van der Waals surface area contributed by atoms with Gasteiger partial charge in [-0.1, -0.05) is 0 Å². The maximum atomic E-state index is 12.4. The first-order valence-electron chi connectivity index (χ1n) is 8.28. The van der Waals surface area contributed by atoms with Gasteiger partial charge in [0.25, 0.3) is 0 Å². The van der Waals surface area contributed by atoms with E-state index in [-0.39, 0.29) is 18.4 Å². The van der Waals surface area contributed by atoms with E-state index in [1.807, 2.05) is 16.5 Å². The van der Waals surface area contributed by atoms with Crippen LogP contribution in [0.4, 0.5) is 0 Å². The normalized spacial score (nSPS) is 18.1. The molecule has 0 bridgehead atoms. The van der Waals surface area contributed by atoms with Crippen molar-refractivity contribution in [3.05, 3.63) is 24.3 Å². The molecule has 9 heteroatoms. The zero-order valence-corrected chi connectivity index (χ0v) is 13.9. The number of hydrogen-bond acceptors (Lipinski definition) is 6. The molecule has 0 spiro atoms. The second-order valence-corrected chi connectivity index (χ2v) is 6.13. The molecular formula is C15H23N7O2. The summed E-state index contributed by atoms with van der Waals surface area (Å²) in [6, 6.07) is 0. The summed E-state index contributed by atoms with van der Waals surface area (Å²) in [6.07, 6.45) is 6.36. The van der Waals surface area contributed by atoms with E-state index in [9.17, 15) is 9.90 Å². The van der Waals surface area contributed by atoms with Gasteiger partial charge in [-0.3, -0.25) is 9.48 Å². The largest absolute Gasteiger partial charge is 0.388 e. The molecule has 2 aromatic rings. The van der Waals surface area contributed by atoms with Crippen molar-refractivity contribution in [2.24, 2.45) is 7.05 Å². The fourth-order valence-electron chi connectivity index (χ4n) is 3.18. The number of aliphatic hydroxyl groups excluding tert-OH is 1. The fourth-order valence-corrected chi connectivity index (χ4v) is 3.18. The predicted molar refractivity (Wildman–Crippen MR) is 84.7 cm³/mol. The Bertz CT molecular complexity index is 667. The highest BCUT2D eigenvalue weighted by atomic mass is 16.3. The van der Waals surface area contributed by atoms with E-state index in [2.05, 4.69) is 20.3 Å². The lowest BCUT2D eigenvalue weighted by molar-refractivity contribution is -0.132. The van der Waals surface area contributed by atoms with Gasteiger partial charge in [0.15, 0.2) is 5.82 Å². The number of aromatic nitrogens is 6. The first kappa shape index (κ1) is 16.6. The molecule has 3 heterocycles. The molecule has 1 aliphatic rings. The number of aliphatic hydroxyl groups is 1. The zero-order chi connectivity index (χ0) is 16.9. The van der Waals surface area contributed by atoms with Crippen molar-refractivity contribution in [1.82, 2.24) is 34.4 Å². The summed E-state index contributed by atoms with van der Waals surface area (Å²) in [4.78, 5) is 18.3. The molecule has 9 nitrogen and oxygen atoms in total. The van der Waals surface area contributed by atoms with Gasteiger partial charge in [0, 0.05) is 39.0 Å². The number of amides is 1. The molecule has 1 saturated heterocycles. The van der Waals surface area contributed by atoms with Crippen LogP contribution >= 0.6 is 0 Å². The van der Waals surface area contributed by atoms with Crippen LogP contribution in [-0.2, 0) is 25.0 Å². The highest BCUT2D eigenvalue weighted by molar-refractivity contribution is 5.76. The summed E-state index contributed by atoms with van der Waals surface area (Å²) in [5.41, 5.74) is 0. The minimum absolute atomic E-state index is 0.124. The summed E-state index contributed by atoms with van der Waals surface area (Å²) in [7, 11) is 1.86. The summed E-state index contributed by atoms with van der Waals surface area (Å²) < 4.78 is 3.58. The number of aryl methyl sites for hydroxylation is 1. The number of likely N-dealkylation sites (tertiary alicyclic amines) is 1. The molecule has 1 aliphatic heterocycles. The van der Waals surface area contributed by atoms with Crippen molar-refractivity contribution in [3.8, 4) is 0 Å². The minimum atomic E-state index is -0.124. The summed E-state index contributed by atoms with van der Waals surface area (Å²) >= 11 is 0. The van der Waals surface area contributed by atoms with E-state index in [0.717, 1.165) is 31.6 Å². The quantitative estimate of drug-likeness (QED) is 0.803. The van der Waals surface area contributed by atoms with Gasteiger partial charge < -0.3 is 14.6 Å². The van der Waals surface area contributed by atoms with Crippen LogP contribution in [0.25, 0.3) is 0 Å². The van der Waals surface area contributed by atoms with Gasteiger partial charge in [-0.15, -0.1) is 10.2 Å². The number of piperidine rings is 1. The first-order valence-corrected chi connectivity index (χ1v) is 8.28. The molecule has 1 fully saturated rings. The Morgan fingerprint density at radius 3 is 3.00 bits per heavy atom. The van der Waals surface area contributed by atoms with E-state index in [1.165, 1.54) is 6.33 Å². The van der Waals surface area contributed by atoms with Crippen LogP contribution in [0.3, 0.4) is 0 Å². The molecule has 24 heavy (non-hydrogen) atoms. The monoisotopic (exact) mass is 333 g/mol.